The minimum Gasteiger partial charge on any atom is -0.350 e. The molecule has 1 aromatic heterocycles. The minimum atomic E-state index is -0.361. The zero-order chi connectivity index (χ0) is 14.9. The quantitative estimate of drug-likeness (QED) is 0.804. The van der Waals surface area contributed by atoms with Gasteiger partial charge in [-0.2, -0.15) is 0 Å². The number of benzene rings is 1. The van der Waals surface area contributed by atoms with E-state index in [1.807, 2.05) is 18.4 Å². The van der Waals surface area contributed by atoms with Crippen LogP contribution < -0.4 is 5.43 Å². The highest BCUT2D eigenvalue weighted by Crippen LogP contribution is 2.18. The Hall–Kier alpha value is -2.23. The van der Waals surface area contributed by atoms with E-state index in [9.17, 15) is 14.0 Å². The Balaban J connectivity index is 2.71. The van der Waals surface area contributed by atoms with Gasteiger partial charge < -0.3 is 4.57 Å². The highest BCUT2D eigenvalue weighted by molar-refractivity contribution is 5.94. The highest BCUT2D eigenvalue weighted by Gasteiger charge is 2.14. The summed E-state index contributed by atoms with van der Waals surface area (Å²) < 4.78 is 14.8. The molecule has 0 aliphatic heterocycles. The molecule has 0 saturated heterocycles. The van der Waals surface area contributed by atoms with Gasteiger partial charge in [0, 0.05) is 24.0 Å². The average molecular weight is 273 g/mol. The van der Waals surface area contributed by atoms with E-state index < -0.39 is 0 Å². The van der Waals surface area contributed by atoms with Crippen molar-refractivity contribution in [1.29, 1.82) is 0 Å². The van der Waals surface area contributed by atoms with Gasteiger partial charge in [-0.25, -0.2) is 4.39 Å². The largest absolute Gasteiger partial charge is 0.350 e. The van der Waals surface area contributed by atoms with Gasteiger partial charge >= 0.3 is 0 Å². The van der Waals surface area contributed by atoms with Crippen LogP contribution in [-0.4, -0.2) is 10.4 Å². The third-order valence-corrected chi connectivity index (χ3v) is 3.18. The molecule has 104 valence electrons. The number of ketones is 1. The van der Waals surface area contributed by atoms with Crippen molar-refractivity contribution in [1.82, 2.24) is 4.57 Å². The topological polar surface area (TPSA) is 39.1 Å². The summed E-state index contributed by atoms with van der Waals surface area (Å²) in [6.07, 6.45) is 3.27. The third kappa shape index (κ3) is 2.69. The molecule has 4 heteroatoms. The number of carbonyl (C=O) groups is 1. The molecule has 2 aromatic rings. The van der Waals surface area contributed by atoms with Crippen molar-refractivity contribution in [2.75, 3.05) is 0 Å². The predicted octanol–water partition coefficient (Wildman–Crippen LogP) is 3.44. The van der Waals surface area contributed by atoms with Crippen molar-refractivity contribution in [3.05, 3.63) is 58.3 Å². The van der Waals surface area contributed by atoms with Crippen LogP contribution in [-0.2, 0) is 0 Å². The lowest BCUT2D eigenvalue weighted by Crippen LogP contribution is -2.19. The van der Waals surface area contributed by atoms with Gasteiger partial charge in [-0.1, -0.05) is 12.1 Å². The van der Waals surface area contributed by atoms with Gasteiger partial charge in [0.05, 0.1) is 5.56 Å². The fourth-order valence-electron chi connectivity index (χ4n) is 1.98. The van der Waals surface area contributed by atoms with Gasteiger partial charge in [-0.3, -0.25) is 9.59 Å². The zero-order valence-electron chi connectivity index (χ0n) is 11.7. The first-order valence-corrected chi connectivity index (χ1v) is 6.43. The van der Waals surface area contributed by atoms with Crippen molar-refractivity contribution < 1.29 is 9.18 Å². The average Bonchev–Trinajstić information content (AvgIpc) is 2.39. The summed E-state index contributed by atoms with van der Waals surface area (Å²) in [6.45, 7) is 5.29. The minimum absolute atomic E-state index is 0.118. The van der Waals surface area contributed by atoms with Gasteiger partial charge in [-0.05, 0) is 38.5 Å². The van der Waals surface area contributed by atoms with Crippen molar-refractivity contribution in [2.24, 2.45) is 0 Å². The lowest BCUT2D eigenvalue weighted by atomic mass is 10.0. The molecule has 0 N–H and O–H groups in total. The molecule has 1 heterocycles. The Morgan fingerprint density at radius 3 is 2.25 bits per heavy atom. The number of hydrogen-bond donors (Lipinski definition) is 0. The summed E-state index contributed by atoms with van der Waals surface area (Å²) in [5.74, 6) is -0.631. The normalized spacial score (nSPS) is 10.8. The molecule has 0 aliphatic rings. The Bertz CT molecular complexity index is 699. The summed E-state index contributed by atoms with van der Waals surface area (Å²) in [5, 5.41) is 0. The van der Waals surface area contributed by atoms with E-state index in [-0.39, 0.29) is 28.6 Å². The maximum Gasteiger partial charge on any atom is 0.200 e. The number of rotatable bonds is 3. The molecule has 2 rings (SSSR count). The molecule has 1 aromatic carbocycles. The SMILES string of the molecule is CC(=O)c1cn(C(C)C)cc(-c2ccc(F)cc2)c1=O. The van der Waals surface area contributed by atoms with Crippen LogP contribution in [0.15, 0.2) is 41.5 Å². The van der Waals surface area contributed by atoms with Crippen LogP contribution in [0.2, 0.25) is 0 Å². The van der Waals surface area contributed by atoms with Gasteiger partial charge in [-0.15, -0.1) is 0 Å². The molecule has 0 aliphatic carbocycles. The van der Waals surface area contributed by atoms with Crippen molar-refractivity contribution in [3.8, 4) is 11.1 Å². The molecule has 0 fully saturated rings. The zero-order valence-corrected chi connectivity index (χ0v) is 11.7. The fraction of sp³-hybridized carbons (Fsp3) is 0.250. The van der Waals surface area contributed by atoms with E-state index in [4.69, 9.17) is 0 Å². The van der Waals surface area contributed by atoms with Crippen LogP contribution in [0.1, 0.15) is 37.2 Å². The molecular formula is C16H16FNO2. The van der Waals surface area contributed by atoms with E-state index >= 15 is 0 Å². The number of pyridine rings is 1. The molecule has 0 radical (unpaired) electrons. The second-order valence-electron chi connectivity index (χ2n) is 5.02. The monoisotopic (exact) mass is 273 g/mol. The summed E-state index contributed by atoms with van der Waals surface area (Å²) >= 11 is 0. The molecule has 0 amide bonds. The molecule has 3 nitrogen and oxygen atoms in total. The molecular weight excluding hydrogens is 257 g/mol. The summed E-state index contributed by atoms with van der Waals surface area (Å²) in [4.78, 5) is 23.9. The van der Waals surface area contributed by atoms with Gasteiger partial charge in [0.2, 0.25) is 0 Å². The second kappa shape index (κ2) is 5.41. The molecule has 0 unspecified atom stereocenters. The fourth-order valence-corrected chi connectivity index (χ4v) is 1.98. The van der Waals surface area contributed by atoms with Gasteiger partial charge in [0.1, 0.15) is 5.82 Å². The number of halogens is 1. The third-order valence-electron chi connectivity index (χ3n) is 3.18. The summed E-state index contributed by atoms with van der Waals surface area (Å²) in [6, 6.07) is 5.80. The van der Waals surface area contributed by atoms with E-state index in [2.05, 4.69) is 0 Å². The molecule has 0 spiro atoms. The molecule has 0 saturated carbocycles. The van der Waals surface area contributed by atoms with Crippen molar-refractivity contribution in [3.63, 3.8) is 0 Å². The first-order chi connectivity index (χ1) is 9.40. The first-order valence-electron chi connectivity index (χ1n) is 6.43. The van der Waals surface area contributed by atoms with Crippen LogP contribution in [0, 0.1) is 5.82 Å². The predicted molar refractivity (Wildman–Crippen MR) is 76.5 cm³/mol. The molecule has 20 heavy (non-hydrogen) atoms. The number of Topliss-reactive ketones (excluding diaryl/α,β-unsaturated/α-hetero) is 1. The lowest BCUT2D eigenvalue weighted by molar-refractivity contribution is 0.101. The first kappa shape index (κ1) is 14.2. The van der Waals surface area contributed by atoms with Crippen molar-refractivity contribution in [2.45, 2.75) is 26.8 Å². The van der Waals surface area contributed by atoms with E-state index in [1.54, 1.807) is 24.5 Å². The van der Waals surface area contributed by atoms with E-state index in [1.165, 1.54) is 19.1 Å². The summed E-state index contributed by atoms with van der Waals surface area (Å²) in [5.41, 5.74) is 0.849. The van der Waals surface area contributed by atoms with Crippen LogP contribution in [0.4, 0.5) is 4.39 Å². The Labute approximate surface area is 116 Å². The Morgan fingerprint density at radius 1 is 1.15 bits per heavy atom. The second-order valence-corrected chi connectivity index (χ2v) is 5.02. The van der Waals surface area contributed by atoms with Crippen LogP contribution in [0.3, 0.4) is 0 Å². The Morgan fingerprint density at radius 2 is 1.75 bits per heavy atom. The van der Waals surface area contributed by atoms with Crippen LogP contribution in [0.5, 0.6) is 0 Å². The number of nitrogens with zero attached hydrogens (tertiary/aromatic N) is 1. The molecule has 0 bridgehead atoms. The number of hydrogen-bond acceptors (Lipinski definition) is 2. The standard InChI is InChI=1S/C16H16FNO2/c1-10(2)18-8-14(11(3)19)16(20)15(9-18)12-4-6-13(17)7-5-12/h4-10H,1-3H3. The maximum absolute atomic E-state index is 13.0. The van der Waals surface area contributed by atoms with Gasteiger partial charge in [0.25, 0.3) is 0 Å². The maximum atomic E-state index is 13.0. The lowest BCUT2D eigenvalue weighted by Gasteiger charge is -2.14. The smallest absolute Gasteiger partial charge is 0.200 e. The highest BCUT2D eigenvalue weighted by atomic mass is 19.1. The van der Waals surface area contributed by atoms with E-state index in [0.29, 0.717) is 11.1 Å². The van der Waals surface area contributed by atoms with Crippen LogP contribution >= 0.6 is 0 Å². The summed E-state index contributed by atoms with van der Waals surface area (Å²) in [7, 11) is 0. The Kier molecular flexibility index (Phi) is 3.84. The molecule has 0 atom stereocenters. The van der Waals surface area contributed by atoms with Gasteiger partial charge in [0.15, 0.2) is 11.2 Å². The number of carbonyl (C=O) groups excluding carboxylic acids is 1. The number of aromatic nitrogens is 1. The van der Waals surface area contributed by atoms with Crippen LogP contribution in [0.25, 0.3) is 11.1 Å². The van der Waals surface area contributed by atoms with Crippen molar-refractivity contribution >= 4 is 5.78 Å². The van der Waals surface area contributed by atoms with E-state index in [0.717, 1.165) is 0 Å².